The van der Waals surface area contributed by atoms with Crippen LogP contribution in [0.5, 0.6) is 0 Å². The van der Waals surface area contributed by atoms with Gasteiger partial charge in [0, 0.05) is 68.5 Å². The Balaban J connectivity index is 1.13. The molecule has 3 fully saturated rings. The number of carbonyl (C=O) groups excluding carboxylic acids is 1. The summed E-state index contributed by atoms with van der Waals surface area (Å²) in [5.74, 6) is 0.155. The average Bonchev–Trinajstić information content (AvgIpc) is 2.73. The van der Waals surface area contributed by atoms with E-state index in [1.807, 2.05) is 35.2 Å². The van der Waals surface area contributed by atoms with Crippen LogP contribution in [0.15, 0.2) is 36.5 Å². The number of amides is 1. The highest BCUT2D eigenvalue weighted by molar-refractivity contribution is 5.98. The van der Waals surface area contributed by atoms with E-state index in [0.29, 0.717) is 6.04 Å². The molecule has 1 aliphatic carbocycles. The van der Waals surface area contributed by atoms with Crippen molar-refractivity contribution in [2.24, 2.45) is 0 Å². The van der Waals surface area contributed by atoms with Crippen molar-refractivity contribution in [1.82, 2.24) is 19.7 Å². The van der Waals surface area contributed by atoms with Crippen LogP contribution >= 0.6 is 0 Å². The first-order valence-corrected chi connectivity index (χ1v) is 10.9. The first-order valence-electron chi connectivity index (χ1n) is 10.9. The second-order valence-electron chi connectivity index (χ2n) is 8.64. The van der Waals surface area contributed by atoms with Gasteiger partial charge >= 0.3 is 0 Å². The lowest BCUT2D eigenvalue weighted by Gasteiger charge is -2.49. The van der Waals surface area contributed by atoms with Crippen LogP contribution in [0.2, 0.25) is 0 Å². The number of carbonyl (C=O) groups is 1. The molecule has 5 heteroatoms. The van der Waals surface area contributed by atoms with Gasteiger partial charge < -0.3 is 4.90 Å². The molecular formula is C23H30N4O. The summed E-state index contributed by atoms with van der Waals surface area (Å²) in [6.07, 6.45) is 8.83. The average molecular weight is 379 g/mol. The largest absolute Gasteiger partial charge is 0.335 e. The lowest BCUT2D eigenvalue weighted by molar-refractivity contribution is -0.00262. The van der Waals surface area contributed by atoms with Gasteiger partial charge in [-0.25, -0.2) is 0 Å². The van der Waals surface area contributed by atoms with Crippen molar-refractivity contribution in [3.63, 3.8) is 0 Å². The minimum absolute atomic E-state index is 0.155. The molecule has 0 atom stereocenters. The number of likely N-dealkylation sites (tertiary alicyclic amines) is 1. The summed E-state index contributed by atoms with van der Waals surface area (Å²) in [5, 5.41) is 1.03. The maximum atomic E-state index is 12.8. The highest BCUT2D eigenvalue weighted by Crippen LogP contribution is 2.25. The van der Waals surface area contributed by atoms with Gasteiger partial charge in [-0.2, -0.15) is 0 Å². The first kappa shape index (κ1) is 18.1. The Labute approximate surface area is 167 Å². The Morgan fingerprint density at radius 1 is 0.893 bits per heavy atom. The van der Waals surface area contributed by atoms with Gasteiger partial charge in [-0.05, 0) is 37.1 Å². The van der Waals surface area contributed by atoms with Crippen LogP contribution < -0.4 is 0 Å². The van der Waals surface area contributed by atoms with Crippen molar-refractivity contribution >= 4 is 16.8 Å². The van der Waals surface area contributed by atoms with Crippen LogP contribution in [0, 0.1) is 0 Å². The van der Waals surface area contributed by atoms with Crippen LogP contribution in [-0.2, 0) is 0 Å². The maximum Gasteiger partial charge on any atom is 0.253 e. The van der Waals surface area contributed by atoms with Gasteiger partial charge in [0.05, 0.1) is 5.52 Å². The van der Waals surface area contributed by atoms with Crippen LogP contribution in [0.1, 0.15) is 42.5 Å². The molecule has 2 aromatic rings. The molecule has 0 spiro atoms. The number of pyridine rings is 1. The fourth-order valence-corrected chi connectivity index (χ4v) is 5.16. The predicted octanol–water partition coefficient (Wildman–Crippen LogP) is 3.01. The van der Waals surface area contributed by atoms with Crippen molar-refractivity contribution in [1.29, 1.82) is 0 Å². The van der Waals surface area contributed by atoms with Crippen LogP contribution in [0.3, 0.4) is 0 Å². The third-order valence-corrected chi connectivity index (χ3v) is 6.96. The molecule has 2 aliphatic heterocycles. The molecule has 3 heterocycles. The van der Waals surface area contributed by atoms with Crippen molar-refractivity contribution in [3.05, 3.63) is 42.1 Å². The number of nitrogens with zero attached hydrogens (tertiary/aromatic N) is 4. The minimum atomic E-state index is 0.155. The summed E-state index contributed by atoms with van der Waals surface area (Å²) in [6.45, 7) is 6.45. The van der Waals surface area contributed by atoms with E-state index in [1.165, 1.54) is 45.2 Å². The summed E-state index contributed by atoms with van der Waals surface area (Å²) in [7, 11) is 0. The second-order valence-corrected chi connectivity index (χ2v) is 8.64. The quantitative estimate of drug-likeness (QED) is 0.823. The fraction of sp³-hybridized carbons (Fsp3) is 0.565. The zero-order valence-electron chi connectivity index (χ0n) is 16.6. The second kappa shape index (κ2) is 7.80. The normalized spacial score (nSPS) is 23.1. The molecule has 5 nitrogen and oxygen atoms in total. The first-order chi connectivity index (χ1) is 13.8. The zero-order valence-corrected chi connectivity index (χ0v) is 16.6. The van der Waals surface area contributed by atoms with Crippen molar-refractivity contribution in [2.75, 3.05) is 39.3 Å². The summed E-state index contributed by atoms with van der Waals surface area (Å²) in [6, 6.07) is 11.1. The third-order valence-electron chi connectivity index (χ3n) is 6.96. The fourth-order valence-electron chi connectivity index (χ4n) is 5.16. The molecule has 0 radical (unpaired) electrons. The summed E-state index contributed by atoms with van der Waals surface area (Å²) in [4.78, 5) is 24.5. The molecule has 0 unspecified atom stereocenters. The lowest BCUT2D eigenvalue weighted by Crippen LogP contribution is -2.64. The van der Waals surface area contributed by atoms with E-state index in [-0.39, 0.29) is 5.91 Å². The van der Waals surface area contributed by atoms with E-state index in [4.69, 9.17) is 0 Å². The number of piperazine rings is 1. The molecular weight excluding hydrogens is 348 g/mol. The van der Waals surface area contributed by atoms with E-state index < -0.39 is 0 Å². The molecule has 1 saturated carbocycles. The third kappa shape index (κ3) is 3.53. The number of rotatable bonds is 3. The van der Waals surface area contributed by atoms with Gasteiger partial charge in [0.1, 0.15) is 0 Å². The molecule has 1 aromatic carbocycles. The number of benzene rings is 1. The predicted molar refractivity (Wildman–Crippen MR) is 111 cm³/mol. The van der Waals surface area contributed by atoms with Gasteiger partial charge in [-0.3, -0.25) is 19.6 Å². The molecule has 1 aromatic heterocycles. The molecule has 3 aliphatic rings. The summed E-state index contributed by atoms with van der Waals surface area (Å²) < 4.78 is 0. The Morgan fingerprint density at radius 2 is 1.61 bits per heavy atom. The highest BCUT2D eigenvalue weighted by atomic mass is 16.2. The lowest BCUT2D eigenvalue weighted by atomic mass is 9.93. The van der Waals surface area contributed by atoms with Crippen LogP contribution in [0.25, 0.3) is 10.9 Å². The highest BCUT2D eigenvalue weighted by Gasteiger charge is 2.37. The van der Waals surface area contributed by atoms with Crippen molar-refractivity contribution < 1.29 is 4.79 Å². The topological polar surface area (TPSA) is 39.7 Å². The van der Waals surface area contributed by atoms with Crippen molar-refractivity contribution in [2.45, 2.75) is 44.2 Å². The van der Waals surface area contributed by atoms with E-state index in [2.05, 4.69) is 14.8 Å². The standard InChI is InChI=1S/C23H30N4O/c28-23(19-8-9-22-18(15-19)5-4-10-24-22)27-16-21(17-27)26-13-11-25(12-14-26)20-6-2-1-3-7-20/h4-5,8-10,15,20-21H,1-3,6-7,11-14,16-17H2. The monoisotopic (exact) mass is 378 g/mol. The van der Waals surface area contributed by atoms with Gasteiger partial charge in [-0.15, -0.1) is 0 Å². The number of hydrogen-bond acceptors (Lipinski definition) is 4. The number of hydrogen-bond donors (Lipinski definition) is 0. The Hall–Kier alpha value is -1.98. The van der Waals surface area contributed by atoms with Gasteiger partial charge in [-0.1, -0.05) is 25.3 Å². The Bertz CT molecular complexity index is 833. The van der Waals surface area contributed by atoms with Gasteiger partial charge in [0.15, 0.2) is 0 Å². The van der Waals surface area contributed by atoms with Crippen LogP contribution in [0.4, 0.5) is 0 Å². The molecule has 0 bridgehead atoms. The van der Waals surface area contributed by atoms with E-state index in [0.717, 1.165) is 48.7 Å². The molecule has 2 saturated heterocycles. The smallest absolute Gasteiger partial charge is 0.253 e. The summed E-state index contributed by atoms with van der Waals surface area (Å²) in [5.41, 5.74) is 1.72. The molecule has 0 N–H and O–H groups in total. The molecule has 1 amide bonds. The van der Waals surface area contributed by atoms with Gasteiger partial charge in [0.25, 0.3) is 5.91 Å². The van der Waals surface area contributed by atoms with E-state index >= 15 is 0 Å². The van der Waals surface area contributed by atoms with E-state index in [9.17, 15) is 4.79 Å². The zero-order chi connectivity index (χ0) is 18.9. The van der Waals surface area contributed by atoms with Crippen molar-refractivity contribution in [3.8, 4) is 0 Å². The number of fused-ring (bicyclic) bond motifs is 1. The molecule has 28 heavy (non-hydrogen) atoms. The number of aromatic nitrogens is 1. The Kier molecular flexibility index (Phi) is 5.03. The minimum Gasteiger partial charge on any atom is -0.335 e. The van der Waals surface area contributed by atoms with E-state index in [1.54, 1.807) is 6.20 Å². The Morgan fingerprint density at radius 3 is 2.36 bits per heavy atom. The SMILES string of the molecule is O=C(c1ccc2ncccc2c1)N1CC(N2CCN(C3CCCCC3)CC2)C1. The molecule has 5 rings (SSSR count). The maximum absolute atomic E-state index is 12.8. The van der Waals surface area contributed by atoms with Crippen LogP contribution in [-0.4, -0.2) is 76.9 Å². The van der Waals surface area contributed by atoms with Gasteiger partial charge in [0.2, 0.25) is 0 Å². The summed E-state index contributed by atoms with van der Waals surface area (Å²) >= 11 is 0. The molecule has 148 valence electrons.